The van der Waals surface area contributed by atoms with Gasteiger partial charge in [0.05, 0.1) is 23.5 Å². The van der Waals surface area contributed by atoms with E-state index in [2.05, 4.69) is 20.6 Å². The quantitative estimate of drug-likeness (QED) is 0.707. The van der Waals surface area contributed by atoms with Crippen molar-refractivity contribution in [2.75, 3.05) is 10.6 Å². The molecule has 0 bridgehead atoms. The fourth-order valence-electron chi connectivity index (χ4n) is 2.08. The molecule has 23 heavy (non-hydrogen) atoms. The van der Waals surface area contributed by atoms with E-state index in [0.717, 1.165) is 5.52 Å². The van der Waals surface area contributed by atoms with Gasteiger partial charge >= 0.3 is 6.03 Å². The van der Waals surface area contributed by atoms with Crippen molar-refractivity contribution in [2.45, 2.75) is 0 Å². The van der Waals surface area contributed by atoms with Gasteiger partial charge in [0.1, 0.15) is 10.7 Å². The number of amides is 2. The highest BCUT2D eigenvalue weighted by atomic mass is 35.5. The standard InChI is InChI=1S/C15H11ClN6O/c1-22-8-18-13-11(22)6-12(16)20-14(13)21-15(23)19-10-4-2-9(7-17)3-5-10/h2-6,8H,1H3,(H2,19,20,21,23). The average Bonchev–Trinajstić information content (AvgIpc) is 2.89. The van der Waals surface area contributed by atoms with Crippen molar-refractivity contribution in [1.29, 1.82) is 5.26 Å². The Balaban J connectivity index is 1.81. The Morgan fingerprint density at radius 3 is 2.74 bits per heavy atom. The Bertz CT molecular complexity index is 926. The first kappa shape index (κ1) is 14.8. The minimum atomic E-state index is -0.476. The Morgan fingerprint density at radius 1 is 1.30 bits per heavy atom. The fourth-order valence-corrected chi connectivity index (χ4v) is 2.27. The number of carbonyl (C=O) groups is 1. The van der Waals surface area contributed by atoms with Crippen molar-refractivity contribution in [1.82, 2.24) is 14.5 Å². The molecule has 8 heteroatoms. The van der Waals surface area contributed by atoms with Crippen LogP contribution in [0, 0.1) is 11.3 Å². The molecular weight excluding hydrogens is 316 g/mol. The van der Waals surface area contributed by atoms with Crippen molar-refractivity contribution in [2.24, 2.45) is 7.05 Å². The van der Waals surface area contributed by atoms with Gasteiger partial charge in [-0.2, -0.15) is 5.26 Å². The predicted octanol–water partition coefficient (Wildman–Crippen LogP) is 3.14. The number of anilines is 2. The smallest absolute Gasteiger partial charge is 0.324 e. The van der Waals surface area contributed by atoms with Crippen LogP contribution in [0.1, 0.15) is 5.56 Å². The number of nitrogens with one attached hydrogen (secondary N) is 2. The lowest BCUT2D eigenvalue weighted by Crippen LogP contribution is -2.20. The zero-order valence-corrected chi connectivity index (χ0v) is 12.8. The van der Waals surface area contributed by atoms with Gasteiger partial charge in [-0.3, -0.25) is 5.32 Å². The van der Waals surface area contributed by atoms with Gasteiger partial charge in [0.2, 0.25) is 0 Å². The molecule has 2 N–H and O–H groups in total. The highest BCUT2D eigenvalue weighted by Crippen LogP contribution is 2.23. The van der Waals surface area contributed by atoms with Crippen LogP contribution >= 0.6 is 11.6 Å². The van der Waals surface area contributed by atoms with E-state index in [-0.39, 0.29) is 11.0 Å². The van der Waals surface area contributed by atoms with Crippen LogP contribution in [0.15, 0.2) is 36.7 Å². The minimum absolute atomic E-state index is 0.259. The summed E-state index contributed by atoms with van der Waals surface area (Å²) < 4.78 is 1.78. The van der Waals surface area contributed by atoms with E-state index in [1.807, 2.05) is 13.1 Å². The molecule has 0 radical (unpaired) electrons. The molecule has 2 amide bonds. The first-order valence-corrected chi connectivity index (χ1v) is 7.00. The molecule has 2 heterocycles. The molecule has 2 aromatic heterocycles. The maximum absolute atomic E-state index is 12.1. The van der Waals surface area contributed by atoms with Crippen LogP contribution in [0.2, 0.25) is 5.15 Å². The Kier molecular flexibility index (Phi) is 3.83. The van der Waals surface area contributed by atoms with Crippen LogP contribution in [0.5, 0.6) is 0 Å². The molecule has 0 saturated carbocycles. The molecule has 0 aliphatic carbocycles. The molecule has 1 aromatic carbocycles. The van der Waals surface area contributed by atoms with Gasteiger partial charge < -0.3 is 9.88 Å². The molecule has 0 spiro atoms. The number of nitriles is 1. The molecule has 3 rings (SSSR count). The van der Waals surface area contributed by atoms with E-state index in [4.69, 9.17) is 16.9 Å². The zero-order chi connectivity index (χ0) is 16.4. The first-order chi connectivity index (χ1) is 11.1. The van der Waals surface area contributed by atoms with E-state index in [9.17, 15) is 4.79 Å². The summed E-state index contributed by atoms with van der Waals surface area (Å²) in [5.74, 6) is 0.277. The van der Waals surface area contributed by atoms with Crippen molar-refractivity contribution in [3.05, 3.63) is 47.4 Å². The van der Waals surface area contributed by atoms with Crippen LogP contribution in [-0.2, 0) is 7.05 Å². The van der Waals surface area contributed by atoms with Crippen molar-refractivity contribution in [3.8, 4) is 6.07 Å². The van der Waals surface area contributed by atoms with Gasteiger partial charge in [0.25, 0.3) is 0 Å². The molecule has 0 atom stereocenters. The van der Waals surface area contributed by atoms with Gasteiger partial charge in [0, 0.05) is 18.8 Å². The van der Waals surface area contributed by atoms with E-state index >= 15 is 0 Å². The van der Waals surface area contributed by atoms with Gasteiger partial charge in [0.15, 0.2) is 5.82 Å². The van der Waals surface area contributed by atoms with Crippen LogP contribution < -0.4 is 10.6 Å². The predicted molar refractivity (Wildman–Crippen MR) is 87.3 cm³/mol. The fraction of sp³-hybridized carbons (Fsp3) is 0.0667. The normalized spacial score (nSPS) is 10.3. The van der Waals surface area contributed by atoms with Crippen LogP contribution in [-0.4, -0.2) is 20.6 Å². The van der Waals surface area contributed by atoms with E-state index in [1.165, 1.54) is 0 Å². The summed E-state index contributed by atoms with van der Waals surface area (Å²) in [5.41, 5.74) is 2.38. The third-order valence-electron chi connectivity index (χ3n) is 3.19. The number of rotatable bonds is 2. The molecule has 7 nitrogen and oxygen atoms in total. The third-order valence-corrected chi connectivity index (χ3v) is 3.38. The topological polar surface area (TPSA) is 95.6 Å². The lowest BCUT2D eigenvalue weighted by atomic mass is 10.2. The summed E-state index contributed by atoms with van der Waals surface area (Å²) in [5, 5.41) is 14.3. The second-order valence-electron chi connectivity index (χ2n) is 4.79. The molecule has 3 aromatic rings. The number of urea groups is 1. The van der Waals surface area contributed by atoms with Crippen LogP contribution in [0.3, 0.4) is 0 Å². The van der Waals surface area contributed by atoms with Crippen molar-refractivity contribution < 1.29 is 4.79 Å². The second kappa shape index (κ2) is 5.94. The summed E-state index contributed by atoms with van der Waals surface area (Å²) in [6, 6.07) is 9.72. The van der Waals surface area contributed by atoms with Gasteiger partial charge in [-0.1, -0.05) is 11.6 Å². The highest BCUT2D eigenvalue weighted by molar-refractivity contribution is 6.30. The number of nitrogens with zero attached hydrogens (tertiary/aromatic N) is 4. The van der Waals surface area contributed by atoms with Crippen LogP contribution in [0.4, 0.5) is 16.3 Å². The molecule has 0 aliphatic rings. The number of imidazole rings is 1. The molecule has 114 valence electrons. The Hall–Kier alpha value is -3.11. The van der Waals surface area contributed by atoms with Gasteiger partial charge in [-0.15, -0.1) is 0 Å². The maximum Gasteiger partial charge on any atom is 0.324 e. The maximum atomic E-state index is 12.1. The largest absolute Gasteiger partial charge is 0.334 e. The molecule has 0 fully saturated rings. The van der Waals surface area contributed by atoms with E-state index < -0.39 is 6.03 Å². The molecular formula is C15H11ClN6O. The second-order valence-corrected chi connectivity index (χ2v) is 5.17. The highest BCUT2D eigenvalue weighted by Gasteiger charge is 2.12. The van der Waals surface area contributed by atoms with Gasteiger partial charge in [-0.05, 0) is 24.3 Å². The number of pyridine rings is 1. The van der Waals surface area contributed by atoms with E-state index in [0.29, 0.717) is 16.8 Å². The summed E-state index contributed by atoms with van der Waals surface area (Å²) in [6.45, 7) is 0. The monoisotopic (exact) mass is 326 g/mol. The molecule has 0 aliphatic heterocycles. The number of hydrogen-bond acceptors (Lipinski definition) is 4. The number of hydrogen-bond donors (Lipinski definition) is 2. The van der Waals surface area contributed by atoms with Gasteiger partial charge in [-0.25, -0.2) is 14.8 Å². The summed E-state index contributed by atoms with van der Waals surface area (Å²) in [6.07, 6.45) is 1.62. The summed E-state index contributed by atoms with van der Waals surface area (Å²) in [7, 11) is 1.83. The third kappa shape index (κ3) is 3.07. The Morgan fingerprint density at radius 2 is 2.04 bits per heavy atom. The van der Waals surface area contributed by atoms with Crippen molar-refractivity contribution >= 4 is 40.2 Å². The number of aromatic nitrogens is 3. The summed E-state index contributed by atoms with van der Waals surface area (Å²) in [4.78, 5) is 20.4. The lowest BCUT2D eigenvalue weighted by molar-refractivity contribution is 0.262. The Labute approximate surface area is 136 Å². The number of carbonyl (C=O) groups excluding carboxylic acids is 1. The average molecular weight is 327 g/mol. The molecule has 0 saturated heterocycles. The lowest BCUT2D eigenvalue weighted by Gasteiger charge is -2.08. The molecule has 0 unspecified atom stereocenters. The number of aryl methyl sites for hydroxylation is 1. The minimum Gasteiger partial charge on any atom is -0.334 e. The SMILES string of the molecule is Cn1cnc2c(NC(=O)Nc3ccc(C#N)cc3)nc(Cl)cc21. The first-order valence-electron chi connectivity index (χ1n) is 6.62. The number of halogens is 1. The van der Waals surface area contributed by atoms with Crippen molar-refractivity contribution in [3.63, 3.8) is 0 Å². The van der Waals surface area contributed by atoms with E-state index in [1.54, 1.807) is 41.2 Å². The number of fused-ring (bicyclic) bond motifs is 1. The zero-order valence-electron chi connectivity index (χ0n) is 12.0. The summed E-state index contributed by atoms with van der Waals surface area (Å²) >= 11 is 5.98. The van der Waals surface area contributed by atoms with Crippen LogP contribution in [0.25, 0.3) is 11.0 Å². The number of benzene rings is 1.